The molecule has 1 aromatic heterocycles. The molecule has 3 rings (SSSR count). The van der Waals surface area contributed by atoms with Crippen LogP contribution in [0.1, 0.15) is 6.92 Å². The lowest BCUT2D eigenvalue weighted by Crippen LogP contribution is -2.23. The molecule has 0 bridgehead atoms. The van der Waals surface area contributed by atoms with Gasteiger partial charge in [-0.1, -0.05) is 29.5 Å². The molecule has 0 N–H and O–H groups in total. The largest absolute Gasteiger partial charge is 0.465 e. The lowest BCUT2D eigenvalue weighted by Gasteiger charge is -2.06. The van der Waals surface area contributed by atoms with E-state index in [9.17, 15) is 21.6 Å². The molecule has 29 heavy (non-hydrogen) atoms. The highest BCUT2D eigenvalue weighted by atomic mass is 32.2. The minimum atomic E-state index is -4.03. The predicted molar refractivity (Wildman–Crippen MR) is 109 cm³/mol. The van der Waals surface area contributed by atoms with E-state index in [2.05, 4.69) is 4.40 Å². The Morgan fingerprint density at radius 3 is 2.38 bits per heavy atom. The van der Waals surface area contributed by atoms with Crippen LogP contribution in [0.3, 0.4) is 0 Å². The molecule has 0 amide bonds. The summed E-state index contributed by atoms with van der Waals surface area (Å²) in [5, 5.41) is 0. The van der Waals surface area contributed by atoms with Crippen LogP contribution in [0.5, 0.6) is 0 Å². The molecule has 0 aliphatic carbocycles. The Balaban J connectivity index is 2.25. The molecule has 154 valence electrons. The normalized spacial score (nSPS) is 13.0. The molecule has 3 aromatic rings. The molecule has 0 radical (unpaired) electrons. The van der Waals surface area contributed by atoms with Crippen LogP contribution in [0.2, 0.25) is 0 Å². The summed E-state index contributed by atoms with van der Waals surface area (Å²) in [4.78, 5) is 12.2. The second-order valence-electron chi connectivity index (χ2n) is 6.06. The quantitative estimate of drug-likeness (QED) is 0.526. The number of hydrogen-bond donors (Lipinski definition) is 0. The van der Waals surface area contributed by atoms with Crippen LogP contribution in [0.15, 0.2) is 62.7 Å². The Morgan fingerprint density at radius 2 is 1.76 bits per heavy atom. The number of hydrogen-bond acceptors (Lipinski definition) is 7. The van der Waals surface area contributed by atoms with Gasteiger partial charge >= 0.3 is 5.97 Å². The monoisotopic (exact) mass is 454 g/mol. The SMILES string of the molecule is CCOC(=O)Cn1/c(=N/S(=O)(=O)c2ccccc2)sc2cc(S(C)(=O)=O)ccc21. The van der Waals surface area contributed by atoms with Crippen molar-refractivity contribution in [2.24, 2.45) is 4.40 Å². The van der Waals surface area contributed by atoms with Crippen LogP contribution >= 0.6 is 11.3 Å². The number of ether oxygens (including phenoxy) is 1. The molecule has 0 saturated heterocycles. The summed E-state index contributed by atoms with van der Waals surface area (Å²) in [6.07, 6.45) is 1.08. The van der Waals surface area contributed by atoms with E-state index in [-0.39, 0.29) is 27.7 Å². The Labute approximate surface area is 172 Å². The number of thiazole rings is 1. The lowest BCUT2D eigenvalue weighted by atomic mass is 10.3. The summed E-state index contributed by atoms with van der Waals surface area (Å²) < 4.78 is 59.8. The van der Waals surface area contributed by atoms with Crippen LogP contribution in [-0.4, -0.2) is 40.2 Å². The summed E-state index contributed by atoms with van der Waals surface area (Å²) in [5.41, 5.74) is 0.484. The molecule has 0 saturated carbocycles. The Morgan fingerprint density at radius 1 is 1.07 bits per heavy atom. The minimum absolute atomic E-state index is 0.0111. The summed E-state index contributed by atoms with van der Waals surface area (Å²) in [6, 6.07) is 12.1. The third kappa shape index (κ3) is 4.74. The van der Waals surface area contributed by atoms with Gasteiger partial charge in [0.15, 0.2) is 9.84 Å². The number of aromatic nitrogens is 1. The average molecular weight is 455 g/mol. The molecule has 0 aliphatic heterocycles. The smallest absolute Gasteiger partial charge is 0.326 e. The van der Waals surface area contributed by atoms with E-state index >= 15 is 0 Å². The maximum atomic E-state index is 12.7. The van der Waals surface area contributed by atoms with Crippen molar-refractivity contribution in [2.45, 2.75) is 23.3 Å². The molecule has 2 aromatic carbocycles. The standard InChI is InChI=1S/C18H18N2O6S3/c1-3-26-17(21)12-20-15-10-9-14(28(2,22)23)11-16(15)27-18(20)19-29(24,25)13-7-5-4-6-8-13/h4-11H,3,12H2,1-2H3/b19-18-. The maximum Gasteiger partial charge on any atom is 0.326 e. The maximum absolute atomic E-state index is 12.7. The van der Waals surface area contributed by atoms with Crippen molar-refractivity contribution in [3.63, 3.8) is 0 Å². The fourth-order valence-corrected chi connectivity index (χ4v) is 5.61. The highest BCUT2D eigenvalue weighted by Gasteiger charge is 2.17. The fraction of sp³-hybridized carbons (Fsp3) is 0.222. The molecule has 0 unspecified atom stereocenters. The van der Waals surface area contributed by atoms with Gasteiger partial charge in [0, 0.05) is 6.26 Å². The van der Waals surface area contributed by atoms with Crippen molar-refractivity contribution in [2.75, 3.05) is 12.9 Å². The number of sulfonamides is 1. The van der Waals surface area contributed by atoms with Gasteiger partial charge in [-0.2, -0.15) is 8.42 Å². The van der Waals surface area contributed by atoms with Crippen LogP contribution in [0.25, 0.3) is 10.2 Å². The number of carbonyl (C=O) groups excluding carboxylic acids is 1. The third-order valence-corrected chi connectivity index (χ3v) is 7.46. The Kier molecular flexibility index (Phi) is 5.92. The summed E-state index contributed by atoms with van der Waals surface area (Å²) >= 11 is 0.981. The van der Waals surface area contributed by atoms with Gasteiger partial charge in [-0.25, -0.2) is 8.42 Å². The van der Waals surface area contributed by atoms with Gasteiger partial charge in [-0.15, -0.1) is 4.40 Å². The van der Waals surface area contributed by atoms with Gasteiger partial charge in [0.05, 0.1) is 26.6 Å². The number of carbonyl (C=O) groups is 1. The van der Waals surface area contributed by atoms with E-state index in [4.69, 9.17) is 4.74 Å². The molecule has 8 nitrogen and oxygen atoms in total. The van der Waals surface area contributed by atoms with Gasteiger partial charge in [0.2, 0.25) is 4.80 Å². The van der Waals surface area contributed by atoms with E-state index in [1.165, 1.54) is 34.9 Å². The third-order valence-electron chi connectivity index (χ3n) is 3.91. The summed E-state index contributed by atoms with van der Waals surface area (Å²) in [6.45, 7) is 1.58. The molecule has 0 aliphatic rings. The second kappa shape index (κ2) is 8.09. The Hall–Kier alpha value is -2.50. The molecular formula is C18H18N2O6S3. The fourth-order valence-electron chi connectivity index (χ4n) is 2.59. The van der Waals surface area contributed by atoms with Crippen molar-refractivity contribution in [3.05, 3.63) is 53.3 Å². The molecule has 1 heterocycles. The first-order valence-corrected chi connectivity index (χ1v) is 12.6. The van der Waals surface area contributed by atoms with Gasteiger partial charge in [-0.3, -0.25) is 4.79 Å². The van der Waals surface area contributed by atoms with Gasteiger partial charge in [0.1, 0.15) is 6.54 Å². The zero-order valence-electron chi connectivity index (χ0n) is 15.6. The van der Waals surface area contributed by atoms with Crippen LogP contribution < -0.4 is 4.80 Å². The number of esters is 1. The molecule has 11 heteroatoms. The number of rotatable bonds is 6. The van der Waals surface area contributed by atoms with Gasteiger partial charge in [0.25, 0.3) is 10.0 Å². The summed E-state index contributed by atoms with van der Waals surface area (Å²) in [5.74, 6) is -0.557. The molecule has 0 fully saturated rings. The van der Waals surface area contributed by atoms with Crippen molar-refractivity contribution in [3.8, 4) is 0 Å². The minimum Gasteiger partial charge on any atom is -0.465 e. The Bertz CT molecular complexity index is 1340. The summed E-state index contributed by atoms with van der Waals surface area (Å²) in [7, 11) is -7.48. The molecular weight excluding hydrogens is 436 g/mol. The van der Waals surface area contributed by atoms with Gasteiger partial charge in [-0.05, 0) is 37.3 Å². The zero-order valence-corrected chi connectivity index (χ0v) is 18.1. The van der Waals surface area contributed by atoms with Crippen LogP contribution in [0.4, 0.5) is 0 Å². The molecule has 0 spiro atoms. The van der Waals surface area contributed by atoms with E-state index in [1.807, 2.05) is 0 Å². The lowest BCUT2D eigenvalue weighted by molar-refractivity contribution is -0.143. The topological polar surface area (TPSA) is 112 Å². The predicted octanol–water partition coefficient (Wildman–Crippen LogP) is 1.96. The van der Waals surface area contributed by atoms with Gasteiger partial charge < -0.3 is 9.30 Å². The number of benzene rings is 2. The van der Waals surface area contributed by atoms with Crippen molar-refractivity contribution in [1.82, 2.24) is 4.57 Å². The first kappa shape index (κ1) is 21.2. The zero-order chi connectivity index (χ0) is 21.2. The van der Waals surface area contributed by atoms with Crippen LogP contribution in [-0.2, 0) is 35.9 Å². The van der Waals surface area contributed by atoms with E-state index < -0.39 is 25.8 Å². The first-order valence-electron chi connectivity index (χ1n) is 8.47. The highest BCUT2D eigenvalue weighted by Crippen LogP contribution is 2.22. The van der Waals surface area contributed by atoms with Crippen LogP contribution in [0, 0.1) is 0 Å². The average Bonchev–Trinajstić information content (AvgIpc) is 2.97. The van der Waals surface area contributed by atoms with E-state index in [1.54, 1.807) is 25.1 Å². The highest BCUT2D eigenvalue weighted by molar-refractivity contribution is 7.90. The van der Waals surface area contributed by atoms with Crippen molar-refractivity contribution >= 4 is 47.4 Å². The number of fused-ring (bicyclic) bond motifs is 1. The number of nitrogens with zero attached hydrogens (tertiary/aromatic N) is 2. The second-order valence-corrected chi connectivity index (χ2v) is 10.7. The van der Waals surface area contributed by atoms with E-state index in [0.29, 0.717) is 10.2 Å². The van der Waals surface area contributed by atoms with Crippen molar-refractivity contribution in [1.29, 1.82) is 0 Å². The van der Waals surface area contributed by atoms with E-state index in [0.717, 1.165) is 17.6 Å². The molecule has 0 atom stereocenters. The van der Waals surface area contributed by atoms with Crippen molar-refractivity contribution < 1.29 is 26.4 Å². The number of sulfone groups is 1. The first-order chi connectivity index (χ1) is 13.6.